The van der Waals surface area contributed by atoms with Crippen LogP contribution in [0.15, 0.2) is 0 Å². The molecular formula is C12H24N4O. The van der Waals surface area contributed by atoms with E-state index in [2.05, 4.69) is 29.2 Å². The normalized spacial score (nSPS) is 27.6. The third kappa shape index (κ3) is 3.66. The zero-order valence-electron chi connectivity index (χ0n) is 11.0. The quantitative estimate of drug-likeness (QED) is 0.691. The van der Waals surface area contributed by atoms with Gasteiger partial charge in [0.15, 0.2) is 0 Å². The van der Waals surface area contributed by atoms with Gasteiger partial charge in [0.1, 0.15) is 0 Å². The predicted molar refractivity (Wildman–Crippen MR) is 68.0 cm³/mol. The molecule has 0 bridgehead atoms. The topological polar surface area (TPSA) is 38.8 Å². The second-order valence-electron chi connectivity index (χ2n) is 5.31. The van der Waals surface area contributed by atoms with Crippen molar-refractivity contribution in [1.29, 1.82) is 0 Å². The number of likely N-dealkylation sites (tertiary alicyclic amines) is 1. The van der Waals surface area contributed by atoms with Crippen molar-refractivity contribution in [1.82, 2.24) is 20.0 Å². The molecule has 0 saturated carbocycles. The van der Waals surface area contributed by atoms with E-state index in [1.54, 1.807) is 0 Å². The van der Waals surface area contributed by atoms with Crippen LogP contribution in [0, 0.1) is 0 Å². The van der Waals surface area contributed by atoms with Crippen LogP contribution in [0.25, 0.3) is 0 Å². The van der Waals surface area contributed by atoms with Gasteiger partial charge >= 0.3 is 0 Å². The first-order valence-corrected chi connectivity index (χ1v) is 6.53. The van der Waals surface area contributed by atoms with Crippen LogP contribution in [0.2, 0.25) is 0 Å². The largest absolute Gasteiger partial charge is 0.339 e. The molecule has 17 heavy (non-hydrogen) atoms. The Morgan fingerprint density at radius 1 is 1.12 bits per heavy atom. The molecule has 0 aliphatic carbocycles. The molecule has 2 aliphatic heterocycles. The van der Waals surface area contributed by atoms with Crippen LogP contribution in [-0.4, -0.2) is 86.6 Å². The van der Waals surface area contributed by atoms with Crippen molar-refractivity contribution in [3.8, 4) is 0 Å². The van der Waals surface area contributed by atoms with Gasteiger partial charge in [-0.1, -0.05) is 0 Å². The Bertz CT molecular complexity index is 263. The minimum Gasteiger partial charge on any atom is -0.339 e. The fraction of sp³-hybridized carbons (Fsp3) is 0.917. The van der Waals surface area contributed by atoms with E-state index >= 15 is 0 Å². The number of nitrogens with one attached hydrogen (secondary N) is 1. The first-order chi connectivity index (χ1) is 8.15. The molecule has 0 spiro atoms. The van der Waals surface area contributed by atoms with Crippen LogP contribution >= 0.6 is 0 Å². The maximum atomic E-state index is 12.0. The Balaban J connectivity index is 1.67. The van der Waals surface area contributed by atoms with Crippen molar-refractivity contribution in [2.45, 2.75) is 12.5 Å². The van der Waals surface area contributed by atoms with Gasteiger partial charge in [0.25, 0.3) is 0 Å². The number of hydrogen-bond donors (Lipinski definition) is 1. The van der Waals surface area contributed by atoms with Crippen LogP contribution in [0.1, 0.15) is 6.42 Å². The fourth-order valence-electron chi connectivity index (χ4n) is 2.50. The molecule has 2 rings (SSSR count). The maximum Gasteiger partial charge on any atom is 0.236 e. The molecule has 2 aliphatic rings. The number of piperazine rings is 1. The average molecular weight is 240 g/mol. The summed E-state index contributed by atoms with van der Waals surface area (Å²) in [6.45, 7) is 6.46. The summed E-state index contributed by atoms with van der Waals surface area (Å²) in [7, 11) is 4.23. The van der Waals surface area contributed by atoms with E-state index in [1.165, 1.54) is 0 Å². The maximum absolute atomic E-state index is 12.0. The highest BCUT2D eigenvalue weighted by Gasteiger charge is 2.22. The van der Waals surface area contributed by atoms with Crippen LogP contribution in [0.4, 0.5) is 0 Å². The molecular weight excluding hydrogens is 216 g/mol. The van der Waals surface area contributed by atoms with Gasteiger partial charge in [-0.3, -0.25) is 4.79 Å². The van der Waals surface area contributed by atoms with Crippen molar-refractivity contribution >= 4 is 5.91 Å². The summed E-state index contributed by atoms with van der Waals surface area (Å²) in [4.78, 5) is 18.5. The second kappa shape index (κ2) is 5.80. The van der Waals surface area contributed by atoms with Gasteiger partial charge < -0.3 is 20.0 Å². The molecule has 1 amide bonds. The zero-order valence-corrected chi connectivity index (χ0v) is 11.0. The third-order valence-corrected chi connectivity index (χ3v) is 3.79. The Kier molecular flexibility index (Phi) is 4.36. The highest BCUT2D eigenvalue weighted by atomic mass is 16.2. The Labute approximate surface area is 104 Å². The van der Waals surface area contributed by atoms with Crippen LogP contribution < -0.4 is 5.32 Å². The molecule has 0 aromatic heterocycles. The lowest BCUT2D eigenvalue weighted by atomic mass is 10.2. The third-order valence-electron chi connectivity index (χ3n) is 3.79. The molecule has 1 N–H and O–H groups in total. The van der Waals surface area contributed by atoms with Gasteiger partial charge in [0.2, 0.25) is 5.91 Å². The molecule has 0 aromatic carbocycles. The minimum absolute atomic E-state index is 0.257. The number of hydrogen-bond acceptors (Lipinski definition) is 4. The van der Waals surface area contributed by atoms with Crippen LogP contribution in [0.3, 0.4) is 0 Å². The monoisotopic (exact) mass is 240 g/mol. The number of carbonyl (C=O) groups excluding carboxylic acids is 1. The molecule has 2 saturated heterocycles. The van der Waals surface area contributed by atoms with E-state index in [0.717, 1.165) is 45.7 Å². The van der Waals surface area contributed by atoms with Crippen LogP contribution in [-0.2, 0) is 4.79 Å². The zero-order chi connectivity index (χ0) is 12.3. The van der Waals surface area contributed by atoms with Gasteiger partial charge in [-0.2, -0.15) is 0 Å². The smallest absolute Gasteiger partial charge is 0.236 e. The summed E-state index contributed by atoms with van der Waals surface area (Å²) < 4.78 is 0. The summed E-state index contributed by atoms with van der Waals surface area (Å²) in [6.07, 6.45) is 1.16. The summed E-state index contributed by atoms with van der Waals surface area (Å²) >= 11 is 0. The lowest BCUT2D eigenvalue weighted by molar-refractivity contribution is -0.131. The second-order valence-corrected chi connectivity index (χ2v) is 5.31. The van der Waals surface area contributed by atoms with Crippen molar-refractivity contribution in [2.75, 3.05) is 59.9 Å². The lowest BCUT2D eigenvalue weighted by Gasteiger charge is -2.32. The van der Waals surface area contributed by atoms with Crippen molar-refractivity contribution in [2.24, 2.45) is 0 Å². The lowest BCUT2D eigenvalue weighted by Crippen LogP contribution is -2.50. The number of rotatable bonds is 3. The SMILES string of the molecule is CN1CCN(C(=O)CNC2CCN(C)C2)CC1. The van der Waals surface area contributed by atoms with E-state index in [-0.39, 0.29) is 5.91 Å². The average Bonchev–Trinajstić information content (AvgIpc) is 2.73. The Morgan fingerprint density at radius 2 is 1.82 bits per heavy atom. The van der Waals surface area contributed by atoms with Crippen LogP contribution in [0.5, 0.6) is 0 Å². The highest BCUT2D eigenvalue weighted by Crippen LogP contribution is 2.06. The highest BCUT2D eigenvalue weighted by molar-refractivity contribution is 5.78. The minimum atomic E-state index is 0.257. The predicted octanol–water partition coefficient (Wildman–Crippen LogP) is -0.946. The van der Waals surface area contributed by atoms with Gasteiger partial charge in [0, 0.05) is 38.8 Å². The summed E-state index contributed by atoms with van der Waals surface area (Å²) in [5, 5.41) is 3.37. The number of likely N-dealkylation sites (N-methyl/N-ethyl adjacent to an activating group) is 2. The fourth-order valence-corrected chi connectivity index (χ4v) is 2.50. The van der Waals surface area contributed by atoms with E-state index in [4.69, 9.17) is 0 Å². The first-order valence-electron chi connectivity index (χ1n) is 6.53. The summed E-state index contributed by atoms with van der Waals surface area (Å²) in [5.74, 6) is 0.257. The molecule has 5 heteroatoms. The first kappa shape index (κ1) is 12.8. The molecule has 0 aromatic rings. The van der Waals surface area contributed by atoms with E-state index in [0.29, 0.717) is 12.6 Å². The van der Waals surface area contributed by atoms with Gasteiger partial charge in [-0.25, -0.2) is 0 Å². The number of nitrogens with zero attached hydrogens (tertiary/aromatic N) is 3. The summed E-state index contributed by atoms with van der Waals surface area (Å²) in [5.41, 5.74) is 0. The van der Waals surface area contributed by atoms with E-state index < -0.39 is 0 Å². The number of amides is 1. The van der Waals surface area contributed by atoms with Gasteiger partial charge in [-0.15, -0.1) is 0 Å². The summed E-state index contributed by atoms with van der Waals surface area (Å²) in [6, 6.07) is 0.497. The van der Waals surface area contributed by atoms with Crippen molar-refractivity contribution in [3.05, 3.63) is 0 Å². The van der Waals surface area contributed by atoms with Gasteiger partial charge in [-0.05, 0) is 27.1 Å². The standard InChI is InChI=1S/C12H24N4O/c1-14-5-7-16(8-6-14)12(17)9-13-11-3-4-15(2)10-11/h11,13H,3-10H2,1-2H3. The molecule has 0 radical (unpaired) electrons. The van der Waals surface area contributed by atoms with E-state index in [9.17, 15) is 4.79 Å². The molecule has 1 unspecified atom stereocenters. The Hall–Kier alpha value is -0.650. The molecule has 2 fully saturated rings. The molecule has 2 heterocycles. The Morgan fingerprint density at radius 3 is 2.41 bits per heavy atom. The molecule has 98 valence electrons. The number of carbonyl (C=O) groups is 1. The molecule has 5 nitrogen and oxygen atoms in total. The van der Waals surface area contributed by atoms with Crippen molar-refractivity contribution in [3.63, 3.8) is 0 Å². The van der Waals surface area contributed by atoms with E-state index in [1.807, 2.05) is 4.90 Å². The van der Waals surface area contributed by atoms with Crippen molar-refractivity contribution < 1.29 is 4.79 Å². The molecule has 1 atom stereocenters. The van der Waals surface area contributed by atoms with Gasteiger partial charge in [0.05, 0.1) is 6.54 Å².